The van der Waals surface area contributed by atoms with Gasteiger partial charge in [-0.2, -0.15) is 0 Å². The number of nitrogens with one attached hydrogen (secondary N) is 2. The van der Waals surface area contributed by atoms with Crippen LogP contribution in [0.5, 0.6) is 0 Å². The highest BCUT2D eigenvalue weighted by molar-refractivity contribution is 5.76. The average molecular weight is 267 g/mol. The van der Waals surface area contributed by atoms with Crippen molar-refractivity contribution in [2.45, 2.75) is 64.0 Å². The number of carbonyl (C=O) groups excluding carboxylic acids is 1. The summed E-state index contributed by atoms with van der Waals surface area (Å²) in [5.74, 6) is 0.252. The van der Waals surface area contributed by atoms with E-state index in [1.807, 2.05) is 0 Å². The summed E-state index contributed by atoms with van der Waals surface area (Å²) in [7, 11) is 0. The largest absolute Gasteiger partial charge is 0.353 e. The Morgan fingerprint density at radius 3 is 2.68 bits per heavy atom. The predicted octanol–water partition coefficient (Wildman–Crippen LogP) is 1.51. The summed E-state index contributed by atoms with van der Waals surface area (Å²) >= 11 is 0. The van der Waals surface area contributed by atoms with Crippen LogP contribution in [0.1, 0.15) is 51.9 Å². The van der Waals surface area contributed by atoms with E-state index in [1.54, 1.807) is 0 Å². The van der Waals surface area contributed by atoms with Gasteiger partial charge >= 0.3 is 0 Å². The quantitative estimate of drug-likeness (QED) is 0.793. The predicted molar refractivity (Wildman–Crippen MR) is 78.2 cm³/mol. The molecule has 2 fully saturated rings. The first-order valence-electron chi connectivity index (χ1n) is 8.03. The number of hydrogen-bond donors (Lipinski definition) is 2. The van der Waals surface area contributed by atoms with E-state index in [9.17, 15) is 4.79 Å². The lowest BCUT2D eigenvalue weighted by Crippen LogP contribution is -2.44. The Morgan fingerprint density at radius 1 is 1.26 bits per heavy atom. The van der Waals surface area contributed by atoms with Crippen LogP contribution in [-0.4, -0.2) is 49.1 Å². The minimum atomic E-state index is 0.252. The van der Waals surface area contributed by atoms with Crippen molar-refractivity contribution < 1.29 is 4.79 Å². The number of likely N-dealkylation sites (tertiary alicyclic amines) is 1. The summed E-state index contributed by atoms with van der Waals surface area (Å²) in [6.07, 6.45) is 7.75. The van der Waals surface area contributed by atoms with Crippen LogP contribution in [0.2, 0.25) is 0 Å². The molecule has 1 unspecified atom stereocenters. The Bertz CT molecular complexity index is 269. The molecule has 0 radical (unpaired) electrons. The van der Waals surface area contributed by atoms with E-state index in [2.05, 4.69) is 22.5 Å². The highest BCUT2D eigenvalue weighted by Crippen LogP contribution is 2.13. The maximum Gasteiger partial charge on any atom is 0.220 e. The number of piperidine rings is 2. The van der Waals surface area contributed by atoms with Crippen LogP contribution in [0, 0.1) is 0 Å². The topological polar surface area (TPSA) is 44.4 Å². The Labute approximate surface area is 117 Å². The first kappa shape index (κ1) is 14.8. The van der Waals surface area contributed by atoms with Gasteiger partial charge in [0, 0.05) is 31.6 Å². The highest BCUT2D eigenvalue weighted by atomic mass is 16.1. The van der Waals surface area contributed by atoms with Crippen molar-refractivity contribution in [1.82, 2.24) is 15.5 Å². The van der Waals surface area contributed by atoms with Crippen molar-refractivity contribution in [3.63, 3.8) is 0 Å². The molecule has 0 saturated carbocycles. The molecule has 2 rings (SSSR count). The van der Waals surface area contributed by atoms with Crippen molar-refractivity contribution in [1.29, 1.82) is 0 Å². The summed E-state index contributed by atoms with van der Waals surface area (Å²) in [5, 5.41) is 6.71. The van der Waals surface area contributed by atoms with Crippen molar-refractivity contribution >= 4 is 5.91 Å². The van der Waals surface area contributed by atoms with Gasteiger partial charge < -0.3 is 15.5 Å². The van der Waals surface area contributed by atoms with Gasteiger partial charge in [0.05, 0.1) is 0 Å². The van der Waals surface area contributed by atoms with Crippen LogP contribution in [-0.2, 0) is 4.79 Å². The lowest BCUT2D eigenvalue weighted by molar-refractivity contribution is -0.122. The molecule has 4 heteroatoms. The molecule has 1 amide bonds. The molecule has 0 spiro atoms. The molecule has 0 aromatic rings. The van der Waals surface area contributed by atoms with Gasteiger partial charge in [-0.1, -0.05) is 13.3 Å². The maximum atomic E-state index is 12.0. The van der Waals surface area contributed by atoms with E-state index in [0.717, 1.165) is 45.4 Å². The van der Waals surface area contributed by atoms with Crippen molar-refractivity contribution in [2.24, 2.45) is 0 Å². The van der Waals surface area contributed by atoms with Gasteiger partial charge in [0.25, 0.3) is 0 Å². The maximum absolute atomic E-state index is 12.0. The first-order chi connectivity index (χ1) is 9.28. The van der Waals surface area contributed by atoms with E-state index in [4.69, 9.17) is 0 Å². The van der Waals surface area contributed by atoms with Crippen LogP contribution in [0.4, 0.5) is 0 Å². The zero-order chi connectivity index (χ0) is 13.5. The number of amides is 1. The minimum Gasteiger partial charge on any atom is -0.353 e. The summed E-state index contributed by atoms with van der Waals surface area (Å²) < 4.78 is 0. The summed E-state index contributed by atoms with van der Waals surface area (Å²) in [5.41, 5.74) is 0. The van der Waals surface area contributed by atoms with Crippen LogP contribution in [0.3, 0.4) is 0 Å². The third-order valence-electron chi connectivity index (χ3n) is 4.53. The molecule has 0 aliphatic carbocycles. The lowest BCUT2D eigenvalue weighted by Gasteiger charge is -2.31. The molecule has 19 heavy (non-hydrogen) atoms. The second-order valence-corrected chi connectivity index (χ2v) is 5.96. The number of hydrogen-bond acceptors (Lipinski definition) is 3. The number of nitrogens with zero attached hydrogens (tertiary/aromatic N) is 1. The van der Waals surface area contributed by atoms with Crippen molar-refractivity contribution in [2.75, 3.05) is 26.2 Å². The molecule has 2 saturated heterocycles. The Morgan fingerprint density at radius 2 is 2.05 bits per heavy atom. The molecular formula is C15H29N3O. The molecule has 2 N–H and O–H groups in total. The van der Waals surface area contributed by atoms with Crippen molar-refractivity contribution in [3.05, 3.63) is 0 Å². The van der Waals surface area contributed by atoms with Gasteiger partial charge in [0.2, 0.25) is 5.91 Å². The SMILES string of the molecule is CCN1CCC(NC(=O)CCC2CCCCN2)CC1. The standard InChI is InChI=1S/C15H29N3O/c1-2-18-11-8-14(9-12-18)17-15(19)7-6-13-5-3-4-10-16-13/h13-14,16H,2-12H2,1H3,(H,17,19). The van der Waals surface area contributed by atoms with Gasteiger partial charge in [0.1, 0.15) is 0 Å². The fourth-order valence-electron chi connectivity index (χ4n) is 3.17. The molecule has 110 valence electrons. The van der Waals surface area contributed by atoms with Crippen LogP contribution < -0.4 is 10.6 Å². The molecule has 4 nitrogen and oxygen atoms in total. The van der Waals surface area contributed by atoms with E-state index >= 15 is 0 Å². The molecule has 0 aromatic heterocycles. The fourth-order valence-corrected chi connectivity index (χ4v) is 3.17. The molecule has 0 aromatic carbocycles. The second kappa shape index (κ2) is 7.85. The third-order valence-corrected chi connectivity index (χ3v) is 4.53. The van der Waals surface area contributed by atoms with Crippen LogP contribution >= 0.6 is 0 Å². The van der Waals surface area contributed by atoms with Gasteiger partial charge in [-0.05, 0) is 45.2 Å². The van der Waals surface area contributed by atoms with Crippen molar-refractivity contribution in [3.8, 4) is 0 Å². The monoisotopic (exact) mass is 267 g/mol. The van der Waals surface area contributed by atoms with E-state index in [0.29, 0.717) is 18.5 Å². The summed E-state index contributed by atoms with van der Waals surface area (Å²) in [6, 6.07) is 0.982. The number of rotatable bonds is 5. The highest BCUT2D eigenvalue weighted by Gasteiger charge is 2.20. The smallest absolute Gasteiger partial charge is 0.220 e. The molecular weight excluding hydrogens is 238 g/mol. The van der Waals surface area contributed by atoms with Gasteiger partial charge in [-0.3, -0.25) is 4.79 Å². The molecule has 2 heterocycles. The van der Waals surface area contributed by atoms with Gasteiger partial charge in [-0.15, -0.1) is 0 Å². The second-order valence-electron chi connectivity index (χ2n) is 5.96. The summed E-state index contributed by atoms with van der Waals surface area (Å²) in [6.45, 7) is 6.73. The average Bonchev–Trinajstić information content (AvgIpc) is 2.47. The first-order valence-corrected chi connectivity index (χ1v) is 8.03. The Balaban J connectivity index is 1.59. The fraction of sp³-hybridized carbons (Fsp3) is 0.933. The van der Waals surface area contributed by atoms with E-state index in [1.165, 1.54) is 19.3 Å². The lowest BCUT2D eigenvalue weighted by atomic mass is 10.00. The number of carbonyl (C=O) groups is 1. The summed E-state index contributed by atoms with van der Waals surface area (Å²) in [4.78, 5) is 14.4. The molecule has 1 atom stereocenters. The molecule has 2 aliphatic heterocycles. The molecule has 0 bridgehead atoms. The minimum absolute atomic E-state index is 0.252. The normalized spacial score (nSPS) is 26.3. The Hall–Kier alpha value is -0.610. The van der Waals surface area contributed by atoms with E-state index < -0.39 is 0 Å². The van der Waals surface area contributed by atoms with E-state index in [-0.39, 0.29) is 5.91 Å². The Kier molecular flexibility index (Phi) is 6.11. The third kappa shape index (κ3) is 5.11. The van der Waals surface area contributed by atoms with Crippen LogP contribution in [0.15, 0.2) is 0 Å². The zero-order valence-corrected chi connectivity index (χ0v) is 12.3. The van der Waals surface area contributed by atoms with Gasteiger partial charge in [0.15, 0.2) is 0 Å². The van der Waals surface area contributed by atoms with Gasteiger partial charge in [-0.25, -0.2) is 0 Å². The molecule has 2 aliphatic rings. The van der Waals surface area contributed by atoms with Crippen LogP contribution in [0.25, 0.3) is 0 Å². The zero-order valence-electron chi connectivity index (χ0n) is 12.3.